The minimum Gasteiger partial charge on any atom is -0.349 e. The Morgan fingerprint density at radius 1 is 1.21 bits per heavy atom. The second-order valence-corrected chi connectivity index (χ2v) is 10.8. The van der Waals surface area contributed by atoms with Gasteiger partial charge in [0.05, 0.1) is 12.0 Å². The Hall–Kier alpha value is -1.70. The summed E-state index contributed by atoms with van der Waals surface area (Å²) in [7, 11) is -3.51. The third-order valence-corrected chi connectivity index (χ3v) is 8.79. The van der Waals surface area contributed by atoms with E-state index in [2.05, 4.69) is 38.2 Å². The lowest BCUT2D eigenvalue weighted by atomic mass is 9.95. The molecule has 3 rings (SSSR count). The van der Waals surface area contributed by atoms with Crippen LogP contribution in [0.25, 0.3) is 0 Å². The molecule has 1 N–H and O–H groups in total. The first-order chi connectivity index (χ1) is 13.2. The van der Waals surface area contributed by atoms with Crippen molar-refractivity contribution in [2.75, 3.05) is 13.1 Å². The summed E-state index contributed by atoms with van der Waals surface area (Å²) in [6, 6.07) is 7.51. The van der Waals surface area contributed by atoms with Gasteiger partial charge in [0.1, 0.15) is 4.21 Å². The van der Waals surface area contributed by atoms with Gasteiger partial charge in [-0.25, -0.2) is 8.42 Å². The number of amides is 1. The van der Waals surface area contributed by atoms with Crippen molar-refractivity contribution in [2.45, 2.75) is 50.8 Å². The van der Waals surface area contributed by atoms with Gasteiger partial charge in [0.25, 0.3) is 10.0 Å². The van der Waals surface area contributed by atoms with Crippen LogP contribution < -0.4 is 5.32 Å². The Morgan fingerprint density at radius 2 is 1.93 bits per heavy atom. The maximum Gasteiger partial charge on any atom is 0.252 e. The zero-order chi connectivity index (χ0) is 20.5. The van der Waals surface area contributed by atoms with Crippen molar-refractivity contribution >= 4 is 27.3 Å². The highest BCUT2D eigenvalue weighted by atomic mass is 32.2. The van der Waals surface area contributed by atoms with Crippen LogP contribution in [0.15, 0.2) is 33.9 Å². The van der Waals surface area contributed by atoms with Crippen LogP contribution in [0.4, 0.5) is 0 Å². The summed E-state index contributed by atoms with van der Waals surface area (Å²) in [6.07, 6.45) is 1.40. The number of hydrogen-bond acceptors (Lipinski definition) is 4. The molecule has 1 fully saturated rings. The van der Waals surface area contributed by atoms with E-state index < -0.39 is 10.0 Å². The topological polar surface area (TPSA) is 66.5 Å². The molecule has 2 unspecified atom stereocenters. The molecule has 5 nitrogen and oxygen atoms in total. The highest BCUT2D eigenvalue weighted by molar-refractivity contribution is 7.91. The van der Waals surface area contributed by atoms with Crippen molar-refractivity contribution in [2.24, 2.45) is 5.92 Å². The lowest BCUT2D eigenvalue weighted by Gasteiger charge is -2.31. The third kappa shape index (κ3) is 4.31. The summed E-state index contributed by atoms with van der Waals surface area (Å²) in [5.41, 5.74) is 4.70. The summed E-state index contributed by atoms with van der Waals surface area (Å²) in [5, 5.41) is 4.86. The summed E-state index contributed by atoms with van der Waals surface area (Å²) < 4.78 is 27.4. The number of sulfonamides is 1. The van der Waals surface area contributed by atoms with Gasteiger partial charge in [-0.2, -0.15) is 4.31 Å². The highest BCUT2D eigenvalue weighted by Gasteiger charge is 2.34. The number of rotatable bonds is 5. The van der Waals surface area contributed by atoms with Gasteiger partial charge in [0, 0.05) is 13.1 Å². The van der Waals surface area contributed by atoms with E-state index in [0.29, 0.717) is 23.6 Å². The lowest BCUT2D eigenvalue weighted by molar-refractivity contribution is -0.126. The molecule has 2 atom stereocenters. The Labute approximate surface area is 171 Å². The van der Waals surface area contributed by atoms with E-state index in [9.17, 15) is 13.2 Å². The molecule has 0 bridgehead atoms. The van der Waals surface area contributed by atoms with E-state index in [1.165, 1.54) is 26.8 Å². The zero-order valence-corrected chi connectivity index (χ0v) is 18.5. The van der Waals surface area contributed by atoms with Gasteiger partial charge in [0.2, 0.25) is 5.91 Å². The lowest BCUT2D eigenvalue weighted by Crippen LogP contribution is -2.45. The van der Waals surface area contributed by atoms with Gasteiger partial charge >= 0.3 is 0 Å². The first kappa shape index (κ1) is 21.0. The molecule has 0 aliphatic carbocycles. The van der Waals surface area contributed by atoms with Crippen LogP contribution >= 0.6 is 11.3 Å². The van der Waals surface area contributed by atoms with Gasteiger partial charge < -0.3 is 5.32 Å². The minimum absolute atomic E-state index is 0.0730. The van der Waals surface area contributed by atoms with Crippen molar-refractivity contribution < 1.29 is 13.2 Å². The first-order valence-corrected chi connectivity index (χ1v) is 11.9. The van der Waals surface area contributed by atoms with Crippen LogP contribution in [-0.4, -0.2) is 31.7 Å². The third-order valence-electron chi connectivity index (χ3n) is 5.55. The Morgan fingerprint density at radius 3 is 2.61 bits per heavy atom. The van der Waals surface area contributed by atoms with E-state index in [1.54, 1.807) is 17.5 Å². The number of hydrogen-bond donors (Lipinski definition) is 1. The molecule has 1 amide bonds. The molecule has 0 radical (unpaired) electrons. The summed E-state index contributed by atoms with van der Waals surface area (Å²) in [6.45, 7) is 8.90. The van der Waals surface area contributed by atoms with Crippen LogP contribution in [0.5, 0.6) is 0 Å². The van der Waals surface area contributed by atoms with Crippen LogP contribution in [0.2, 0.25) is 0 Å². The van der Waals surface area contributed by atoms with E-state index in [0.717, 1.165) is 11.1 Å². The van der Waals surface area contributed by atoms with Crippen molar-refractivity contribution in [3.05, 3.63) is 51.9 Å². The van der Waals surface area contributed by atoms with E-state index in [4.69, 9.17) is 0 Å². The maximum atomic E-state index is 12.9. The highest BCUT2D eigenvalue weighted by Crippen LogP contribution is 2.27. The van der Waals surface area contributed by atoms with Crippen molar-refractivity contribution in [1.29, 1.82) is 0 Å². The molecular weight excluding hydrogens is 392 g/mol. The number of nitrogens with one attached hydrogen (secondary N) is 1. The second-order valence-electron chi connectivity index (χ2n) is 7.66. The molecule has 2 heterocycles. The van der Waals surface area contributed by atoms with Crippen molar-refractivity contribution in [3.63, 3.8) is 0 Å². The summed E-state index contributed by atoms with van der Waals surface area (Å²) in [4.78, 5) is 12.9. The molecular formula is C21H28N2O3S2. The fourth-order valence-electron chi connectivity index (χ4n) is 3.77. The fourth-order valence-corrected chi connectivity index (χ4v) is 6.44. The molecule has 1 aliphatic heterocycles. The molecule has 2 aromatic rings. The molecule has 1 aliphatic rings. The molecule has 1 aromatic heterocycles. The largest absolute Gasteiger partial charge is 0.349 e. The summed E-state index contributed by atoms with van der Waals surface area (Å²) in [5.74, 6) is -0.394. The zero-order valence-electron chi connectivity index (χ0n) is 16.9. The Bertz CT molecular complexity index is 952. The van der Waals surface area contributed by atoms with E-state index >= 15 is 0 Å². The fraction of sp³-hybridized carbons (Fsp3) is 0.476. The normalized spacial score (nSPS) is 19.4. The number of carbonyl (C=O) groups excluding carboxylic acids is 1. The number of benzene rings is 1. The monoisotopic (exact) mass is 420 g/mol. The van der Waals surface area contributed by atoms with Crippen LogP contribution in [0.1, 0.15) is 48.1 Å². The number of carbonyl (C=O) groups is 1. The number of nitrogens with zero attached hydrogens (tertiary/aromatic N) is 1. The van der Waals surface area contributed by atoms with Crippen LogP contribution in [-0.2, 0) is 14.8 Å². The van der Waals surface area contributed by atoms with Crippen molar-refractivity contribution in [3.8, 4) is 0 Å². The summed E-state index contributed by atoms with van der Waals surface area (Å²) >= 11 is 1.21. The average molecular weight is 421 g/mol. The SMILES string of the molecule is Cc1cc(C)c(C(C)NC(=O)C2CCCN(S(=O)(=O)c3cccs3)C2)cc1C. The predicted molar refractivity (Wildman–Crippen MR) is 113 cm³/mol. The number of aryl methyl sites for hydroxylation is 3. The number of piperidine rings is 1. The maximum absolute atomic E-state index is 12.9. The molecule has 7 heteroatoms. The molecule has 1 saturated heterocycles. The van der Waals surface area contributed by atoms with Gasteiger partial charge in [-0.1, -0.05) is 18.2 Å². The average Bonchev–Trinajstić information content (AvgIpc) is 3.20. The van der Waals surface area contributed by atoms with Gasteiger partial charge in [-0.15, -0.1) is 11.3 Å². The Balaban J connectivity index is 1.70. The standard InChI is InChI=1S/C21H28N2O3S2/c1-14-11-16(3)19(12-15(14)2)17(4)22-21(24)18-7-5-9-23(13-18)28(25,26)20-8-6-10-27-20/h6,8,10-12,17-18H,5,7,9,13H2,1-4H3,(H,22,24). The number of thiophene rings is 1. The smallest absolute Gasteiger partial charge is 0.252 e. The van der Waals surface area contributed by atoms with Gasteiger partial charge in [0.15, 0.2) is 0 Å². The molecule has 28 heavy (non-hydrogen) atoms. The predicted octanol–water partition coefficient (Wildman–Crippen LogP) is 3.95. The van der Waals surface area contributed by atoms with Gasteiger partial charge in [-0.3, -0.25) is 4.79 Å². The van der Waals surface area contributed by atoms with E-state index in [-0.39, 0.29) is 24.4 Å². The first-order valence-electron chi connectivity index (χ1n) is 9.62. The molecule has 1 aromatic carbocycles. The van der Waals surface area contributed by atoms with E-state index in [1.807, 2.05) is 6.92 Å². The molecule has 0 saturated carbocycles. The quantitative estimate of drug-likeness (QED) is 0.796. The van der Waals surface area contributed by atoms with Crippen molar-refractivity contribution in [1.82, 2.24) is 9.62 Å². The van der Waals surface area contributed by atoms with Crippen LogP contribution in [0.3, 0.4) is 0 Å². The Kier molecular flexibility index (Phi) is 6.27. The minimum atomic E-state index is -3.51. The second kappa shape index (κ2) is 8.35. The molecule has 0 spiro atoms. The van der Waals surface area contributed by atoms with Gasteiger partial charge in [-0.05, 0) is 74.2 Å². The molecule has 152 valence electrons. The van der Waals surface area contributed by atoms with Crippen LogP contribution in [0, 0.1) is 26.7 Å².